The maximum atomic E-state index is 8.99. The van der Waals surface area contributed by atoms with Crippen LogP contribution in [0.3, 0.4) is 0 Å². The van der Waals surface area contributed by atoms with Crippen molar-refractivity contribution in [1.82, 2.24) is 4.98 Å². The number of aromatic hydroxyl groups is 1. The Morgan fingerprint density at radius 1 is 1.55 bits per heavy atom. The second-order valence-electron chi connectivity index (χ2n) is 2.15. The molecule has 1 heterocycles. The molecule has 0 fully saturated rings. The summed E-state index contributed by atoms with van der Waals surface area (Å²) >= 11 is 5.55. The molecular weight excluding hydrogens is 164 g/mol. The normalized spacial score (nSPS) is 10.0. The molecule has 60 valence electrons. The second kappa shape index (κ2) is 3.55. The number of aromatic nitrogens is 1. The molecule has 3 N–H and O–H groups in total. The monoisotopic (exact) mass is 172 g/mol. The molecule has 1 rings (SSSR count). The lowest BCUT2D eigenvalue weighted by Crippen LogP contribution is -2.04. The van der Waals surface area contributed by atoms with Gasteiger partial charge in [0, 0.05) is 12.1 Å². The van der Waals surface area contributed by atoms with E-state index in [2.05, 4.69) is 4.98 Å². The van der Waals surface area contributed by atoms with Gasteiger partial charge in [0.1, 0.15) is 0 Å². The van der Waals surface area contributed by atoms with E-state index in [1.165, 1.54) is 6.07 Å². The van der Waals surface area contributed by atoms with Crippen LogP contribution in [0, 0.1) is 0 Å². The van der Waals surface area contributed by atoms with Gasteiger partial charge in [0.05, 0.1) is 0 Å². The maximum Gasteiger partial charge on any atom is 0.171 e. The molecule has 1 aromatic rings. The Labute approximate surface area is 69.8 Å². The van der Waals surface area contributed by atoms with Gasteiger partial charge < -0.3 is 10.8 Å². The van der Waals surface area contributed by atoms with Crippen LogP contribution in [0.25, 0.3) is 0 Å². The number of halogens is 1. The lowest BCUT2D eigenvalue weighted by molar-refractivity contribution is 0.472. The van der Waals surface area contributed by atoms with E-state index in [0.29, 0.717) is 13.0 Å². The van der Waals surface area contributed by atoms with Crippen LogP contribution in [-0.4, -0.2) is 16.6 Å². The Hall–Kier alpha value is -0.800. The summed E-state index contributed by atoms with van der Waals surface area (Å²) in [6.07, 6.45) is 0.681. The van der Waals surface area contributed by atoms with Crippen LogP contribution >= 0.6 is 11.6 Å². The molecule has 11 heavy (non-hydrogen) atoms. The van der Waals surface area contributed by atoms with Crippen molar-refractivity contribution in [1.29, 1.82) is 0 Å². The molecular formula is C7H9ClN2O. The zero-order valence-electron chi connectivity index (χ0n) is 5.92. The summed E-state index contributed by atoms with van der Waals surface area (Å²) in [7, 11) is 0. The molecule has 0 aliphatic heterocycles. The van der Waals surface area contributed by atoms with Gasteiger partial charge in [-0.25, -0.2) is 4.98 Å². The number of rotatable bonds is 2. The van der Waals surface area contributed by atoms with Crippen LogP contribution in [0.5, 0.6) is 5.75 Å². The van der Waals surface area contributed by atoms with Crippen LogP contribution in [0.4, 0.5) is 0 Å². The number of hydrogen-bond donors (Lipinski definition) is 2. The van der Waals surface area contributed by atoms with E-state index in [1.54, 1.807) is 6.07 Å². The molecule has 0 saturated heterocycles. The average Bonchev–Trinajstić information content (AvgIpc) is 1.98. The van der Waals surface area contributed by atoms with Gasteiger partial charge in [-0.2, -0.15) is 0 Å². The third kappa shape index (κ3) is 2.06. The molecule has 0 aliphatic carbocycles. The molecule has 0 atom stereocenters. The highest BCUT2D eigenvalue weighted by Crippen LogP contribution is 2.19. The van der Waals surface area contributed by atoms with Crippen molar-refractivity contribution < 1.29 is 5.11 Å². The molecule has 0 aromatic carbocycles. The smallest absolute Gasteiger partial charge is 0.171 e. The standard InChI is InChI=1S/C7H9ClN2O/c8-7-6(11)2-1-5(10-7)3-4-9/h1-2,11H,3-4,9H2. The van der Waals surface area contributed by atoms with E-state index in [1.807, 2.05) is 0 Å². The molecule has 0 saturated carbocycles. The Morgan fingerprint density at radius 2 is 2.27 bits per heavy atom. The van der Waals surface area contributed by atoms with Gasteiger partial charge in [-0.15, -0.1) is 0 Å². The van der Waals surface area contributed by atoms with Crippen molar-refractivity contribution in [3.63, 3.8) is 0 Å². The van der Waals surface area contributed by atoms with Crippen molar-refractivity contribution in [3.8, 4) is 5.75 Å². The summed E-state index contributed by atoms with van der Waals surface area (Å²) in [6.45, 7) is 0.536. The van der Waals surface area contributed by atoms with Gasteiger partial charge in [0.25, 0.3) is 0 Å². The van der Waals surface area contributed by atoms with E-state index in [0.717, 1.165) is 5.69 Å². The van der Waals surface area contributed by atoms with Crippen LogP contribution in [0.15, 0.2) is 12.1 Å². The predicted molar refractivity (Wildman–Crippen MR) is 43.7 cm³/mol. The van der Waals surface area contributed by atoms with Gasteiger partial charge in [0.2, 0.25) is 0 Å². The minimum Gasteiger partial charge on any atom is -0.505 e. The van der Waals surface area contributed by atoms with Gasteiger partial charge in [-0.05, 0) is 18.7 Å². The third-order valence-electron chi connectivity index (χ3n) is 1.29. The number of pyridine rings is 1. The topological polar surface area (TPSA) is 59.1 Å². The second-order valence-corrected chi connectivity index (χ2v) is 2.51. The van der Waals surface area contributed by atoms with Crippen LogP contribution in [0.1, 0.15) is 5.69 Å². The fraction of sp³-hybridized carbons (Fsp3) is 0.286. The zero-order valence-corrected chi connectivity index (χ0v) is 6.67. The van der Waals surface area contributed by atoms with Gasteiger partial charge in [0.15, 0.2) is 10.9 Å². The minimum absolute atomic E-state index is 0.00689. The molecule has 0 amide bonds. The number of nitrogens with two attached hydrogens (primary N) is 1. The third-order valence-corrected chi connectivity index (χ3v) is 1.57. The Morgan fingerprint density at radius 3 is 2.82 bits per heavy atom. The summed E-state index contributed by atoms with van der Waals surface area (Å²) < 4.78 is 0. The Balaban J connectivity index is 2.86. The minimum atomic E-state index is 0.00689. The first kappa shape index (κ1) is 8.30. The summed E-state index contributed by atoms with van der Waals surface area (Å²) in [6, 6.07) is 3.22. The lowest BCUT2D eigenvalue weighted by atomic mass is 10.3. The quantitative estimate of drug-likeness (QED) is 0.653. The van der Waals surface area contributed by atoms with E-state index >= 15 is 0 Å². The molecule has 4 heteroatoms. The Bertz CT molecular complexity index is 252. The number of hydrogen-bond acceptors (Lipinski definition) is 3. The molecule has 0 spiro atoms. The van der Waals surface area contributed by atoms with Crippen LogP contribution in [0.2, 0.25) is 5.15 Å². The zero-order chi connectivity index (χ0) is 8.27. The van der Waals surface area contributed by atoms with Crippen molar-refractivity contribution >= 4 is 11.6 Å². The highest BCUT2D eigenvalue weighted by Gasteiger charge is 1.99. The van der Waals surface area contributed by atoms with Crippen molar-refractivity contribution in [2.75, 3.05) is 6.54 Å². The van der Waals surface area contributed by atoms with E-state index in [-0.39, 0.29) is 10.9 Å². The Kier molecular flexibility index (Phi) is 2.68. The average molecular weight is 173 g/mol. The highest BCUT2D eigenvalue weighted by atomic mass is 35.5. The fourth-order valence-corrected chi connectivity index (χ4v) is 0.923. The SMILES string of the molecule is NCCc1ccc(O)c(Cl)n1. The molecule has 1 aromatic heterocycles. The van der Waals surface area contributed by atoms with Crippen molar-refractivity contribution in [3.05, 3.63) is 23.0 Å². The van der Waals surface area contributed by atoms with Gasteiger partial charge in [-0.1, -0.05) is 11.6 Å². The van der Waals surface area contributed by atoms with Crippen molar-refractivity contribution in [2.24, 2.45) is 5.73 Å². The molecule has 3 nitrogen and oxygen atoms in total. The fourth-order valence-electron chi connectivity index (χ4n) is 0.752. The first-order chi connectivity index (χ1) is 5.24. The lowest BCUT2D eigenvalue weighted by Gasteiger charge is -1.99. The summed E-state index contributed by atoms with van der Waals surface area (Å²) in [5, 5.41) is 9.12. The highest BCUT2D eigenvalue weighted by molar-refractivity contribution is 6.30. The molecule has 0 radical (unpaired) electrons. The van der Waals surface area contributed by atoms with E-state index < -0.39 is 0 Å². The predicted octanol–water partition coefficient (Wildman–Crippen LogP) is 0.942. The molecule has 0 aliphatic rings. The summed E-state index contributed by atoms with van der Waals surface area (Å²) in [4.78, 5) is 3.90. The first-order valence-corrected chi connectivity index (χ1v) is 3.66. The van der Waals surface area contributed by atoms with E-state index in [4.69, 9.17) is 22.4 Å². The first-order valence-electron chi connectivity index (χ1n) is 3.28. The van der Waals surface area contributed by atoms with Crippen LogP contribution < -0.4 is 5.73 Å². The number of nitrogens with zero attached hydrogens (tertiary/aromatic N) is 1. The maximum absolute atomic E-state index is 8.99. The molecule has 0 bridgehead atoms. The molecule has 0 unspecified atom stereocenters. The summed E-state index contributed by atoms with van der Waals surface area (Å²) in [5.74, 6) is 0.00689. The van der Waals surface area contributed by atoms with Gasteiger partial charge in [-0.3, -0.25) is 0 Å². The van der Waals surface area contributed by atoms with Gasteiger partial charge >= 0.3 is 0 Å². The largest absolute Gasteiger partial charge is 0.505 e. The van der Waals surface area contributed by atoms with Crippen molar-refractivity contribution in [2.45, 2.75) is 6.42 Å². The summed E-state index contributed by atoms with van der Waals surface area (Å²) in [5.41, 5.74) is 6.10. The van der Waals surface area contributed by atoms with Crippen LogP contribution in [-0.2, 0) is 6.42 Å². The van der Waals surface area contributed by atoms with E-state index in [9.17, 15) is 0 Å².